The minimum absolute atomic E-state index is 0. The maximum absolute atomic E-state index is 17.2. The minimum atomic E-state index is -3.11. The average molecular weight is 869 g/mol. The van der Waals surface area contributed by atoms with E-state index in [2.05, 4.69) is 125 Å². The van der Waals surface area contributed by atoms with E-state index in [1.165, 1.54) is 15.6 Å². The van der Waals surface area contributed by atoms with Gasteiger partial charge in [-0.2, -0.15) is 18.2 Å². The van der Waals surface area contributed by atoms with Gasteiger partial charge in [0.15, 0.2) is 8.07 Å². The van der Waals surface area contributed by atoms with E-state index >= 15 is 4.39 Å². The van der Waals surface area contributed by atoms with E-state index in [-0.39, 0.29) is 20.4 Å². The van der Waals surface area contributed by atoms with Gasteiger partial charge in [-0.25, -0.2) is 9.37 Å². The Morgan fingerprint density at radius 1 is 0.593 bits per heavy atom. The summed E-state index contributed by atoms with van der Waals surface area (Å²) in [5, 5.41) is 9.77. The van der Waals surface area contributed by atoms with Crippen LogP contribution in [0.15, 0.2) is 187 Å². The molecule has 0 fully saturated rings. The average Bonchev–Trinajstić information content (AvgIpc) is 3.95. The fourth-order valence-electron chi connectivity index (χ4n) is 9.45. The van der Waals surface area contributed by atoms with Crippen molar-refractivity contribution in [3.05, 3.63) is 206 Å². The second-order valence-corrected chi connectivity index (χ2v) is 18.5. The maximum Gasteiger partial charge on any atom is 2.00 e. The first-order valence-electron chi connectivity index (χ1n) is 19.4. The quantitative estimate of drug-likeness (QED) is 0.0983. The summed E-state index contributed by atoms with van der Waals surface area (Å²) >= 11 is 0. The molecular formula is C51H31FN4OPdSi. The first-order valence-corrected chi connectivity index (χ1v) is 21.4. The Bertz CT molecular complexity index is 3370. The van der Waals surface area contributed by atoms with E-state index in [1.54, 1.807) is 6.20 Å². The fourth-order valence-corrected chi connectivity index (χ4v) is 14.7. The van der Waals surface area contributed by atoms with Crippen LogP contribution in [-0.2, 0) is 20.4 Å². The zero-order valence-electron chi connectivity index (χ0n) is 31.3. The SMILES string of the molecule is FC(c1[c-]c(N2c3ccc4oc5ccccc5c4c3[Si](c3ccccc3)(c3ccccc3)c3cccnc32)ccc1)c1[c-]c2c(cc1)c1ccccc1n1ccnc21.[Pd+2]. The zero-order valence-corrected chi connectivity index (χ0v) is 33.8. The van der Waals surface area contributed by atoms with Gasteiger partial charge in [0, 0.05) is 40.6 Å². The summed E-state index contributed by atoms with van der Waals surface area (Å²) in [6.07, 6.45) is 4.07. The maximum atomic E-state index is 17.2. The van der Waals surface area contributed by atoms with Gasteiger partial charge >= 0.3 is 20.4 Å². The van der Waals surface area contributed by atoms with Gasteiger partial charge in [0.05, 0.1) is 5.65 Å². The molecule has 1 atom stereocenters. The van der Waals surface area contributed by atoms with Crippen LogP contribution in [0.3, 0.4) is 0 Å². The Morgan fingerprint density at radius 3 is 2.14 bits per heavy atom. The van der Waals surface area contributed by atoms with Crippen molar-refractivity contribution in [2.24, 2.45) is 0 Å². The third kappa shape index (κ3) is 5.11. The summed E-state index contributed by atoms with van der Waals surface area (Å²) < 4.78 is 25.8. The van der Waals surface area contributed by atoms with Crippen molar-refractivity contribution in [3.8, 4) is 0 Å². The van der Waals surface area contributed by atoms with E-state index in [4.69, 9.17) is 9.40 Å². The second kappa shape index (κ2) is 13.7. The van der Waals surface area contributed by atoms with Crippen molar-refractivity contribution in [1.82, 2.24) is 14.4 Å². The molecule has 0 radical (unpaired) electrons. The monoisotopic (exact) mass is 868 g/mol. The molecule has 1 aliphatic heterocycles. The standard InChI is InChI=1S/C51H31FN4OSi.Pd/c52-48(34-24-25-38-39-19-7-9-21-42(39)55-30-29-54-50(55)41(38)32-34)33-13-11-14-35(31-33)56-43-26-27-45-47(40-20-8-10-22-44(40)57-45)49(43)58(36-15-3-1-4-16-36,37-17-5-2-6-18-37)46-23-12-28-53-51(46)56;/h1-30,48H;/q-2;+2. The van der Waals surface area contributed by atoms with Gasteiger partial charge in [0.1, 0.15) is 23.2 Å². The molecule has 0 bridgehead atoms. The van der Waals surface area contributed by atoms with Crippen LogP contribution in [0.4, 0.5) is 21.6 Å². The van der Waals surface area contributed by atoms with Crippen LogP contribution in [0.1, 0.15) is 17.3 Å². The van der Waals surface area contributed by atoms with Crippen molar-refractivity contribution in [2.45, 2.75) is 6.17 Å². The summed E-state index contributed by atoms with van der Waals surface area (Å²) in [5.41, 5.74) is 5.94. The van der Waals surface area contributed by atoms with Crippen molar-refractivity contribution in [1.29, 1.82) is 0 Å². The van der Waals surface area contributed by atoms with Crippen LogP contribution < -0.4 is 25.6 Å². The predicted octanol–water partition coefficient (Wildman–Crippen LogP) is 9.75. The number of hydrogen-bond acceptors (Lipinski definition) is 4. The van der Waals surface area contributed by atoms with Crippen LogP contribution in [0.2, 0.25) is 0 Å². The third-order valence-electron chi connectivity index (χ3n) is 11.8. The Kier molecular flexibility index (Phi) is 8.25. The van der Waals surface area contributed by atoms with Gasteiger partial charge in [0.2, 0.25) is 0 Å². The molecule has 4 aromatic heterocycles. The summed E-state index contributed by atoms with van der Waals surface area (Å²) in [7, 11) is -3.11. The number of halogens is 1. The molecule has 0 spiro atoms. The molecule has 1 aliphatic rings. The number of hydrogen-bond donors (Lipinski definition) is 0. The fraction of sp³-hybridized carbons (Fsp3) is 0.0196. The number of fused-ring (bicyclic) bond motifs is 12. The first kappa shape index (κ1) is 35.5. The minimum Gasteiger partial charge on any atom is -0.456 e. The van der Waals surface area contributed by atoms with Gasteiger partial charge in [-0.05, 0) is 56.5 Å². The van der Waals surface area contributed by atoms with Crippen molar-refractivity contribution in [2.75, 3.05) is 4.90 Å². The molecule has 7 aromatic carbocycles. The van der Waals surface area contributed by atoms with Crippen LogP contribution in [0, 0.1) is 12.1 Å². The van der Waals surface area contributed by atoms with E-state index < -0.39 is 14.2 Å². The number of furan rings is 1. The number of imidazole rings is 1. The summed E-state index contributed by atoms with van der Waals surface area (Å²) in [4.78, 5) is 12.0. The van der Waals surface area contributed by atoms with E-state index in [9.17, 15) is 0 Å². The van der Waals surface area contributed by atoms with Gasteiger partial charge in [-0.3, -0.25) is 4.98 Å². The normalized spacial score (nSPS) is 13.7. The van der Waals surface area contributed by atoms with Crippen molar-refractivity contribution < 1.29 is 29.2 Å². The Morgan fingerprint density at radius 2 is 1.32 bits per heavy atom. The number of nitrogens with zero attached hydrogens (tertiary/aromatic N) is 4. The molecule has 0 aliphatic carbocycles. The number of alkyl halides is 1. The molecule has 1 unspecified atom stereocenters. The van der Waals surface area contributed by atoms with E-state index in [0.29, 0.717) is 16.8 Å². The Balaban J connectivity index is 0.00000397. The van der Waals surface area contributed by atoms with Gasteiger partial charge < -0.3 is 13.7 Å². The van der Waals surface area contributed by atoms with E-state index in [1.807, 2.05) is 77.5 Å². The molecule has 8 heteroatoms. The molecule has 0 saturated carbocycles. The number of benzene rings is 7. The summed E-state index contributed by atoms with van der Waals surface area (Å²) in [6, 6.07) is 63.2. The second-order valence-electron chi connectivity index (χ2n) is 14.8. The van der Waals surface area contributed by atoms with Gasteiger partial charge in [-0.15, -0.1) is 29.8 Å². The largest absolute Gasteiger partial charge is 2.00 e. The van der Waals surface area contributed by atoms with Crippen LogP contribution >= 0.6 is 0 Å². The summed E-state index contributed by atoms with van der Waals surface area (Å²) in [5.74, 6) is 0.802. The van der Waals surface area contributed by atoms with E-state index in [0.717, 1.165) is 66.0 Å². The molecule has 5 heterocycles. The predicted molar refractivity (Wildman–Crippen MR) is 234 cm³/mol. The van der Waals surface area contributed by atoms with Crippen molar-refractivity contribution in [3.63, 3.8) is 0 Å². The topological polar surface area (TPSA) is 46.6 Å². The summed E-state index contributed by atoms with van der Waals surface area (Å²) in [6.45, 7) is 0. The Hall–Kier alpha value is -6.69. The number of anilines is 3. The van der Waals surface area contributed by atoms with Crippen LogP contribution in [-0.4, -0.2) is 22.4 Å². The molecule has 11 aromatic rings. The smallest absolute Gasteiger partial charge is 0.456 e. The molecule has 0 saturated heterocycles. The molecule has 282 valence electrons. The number of rotatable bonds is 5. The van der Waals surface area contributed by atoms with Crippen molar-refractivity contribution >= 4 is 95.3 Å². The number of aromatic nitrogens is 3. The van der Waals surface area contributed by atoms with Gasteiger partial charge in [-0.1, -0.05) is 125 Å². The molecule has 12 rings (SSSR count). The van der Waals surface area contributed by atoms with Crippen LogP contribution in [0.5, 0.6) is 0 Å². The van der Waals surface area contributed by atoms with Crippen LogP contribution in [0.25, 0.3) is 49.3 Å². The number of pyridine rings is 2. The molecule has 0 amide bonds. The molecule has 59 heavy (non-hydrogen) atoms. The molecular weight excluding hydrogens is 838 g/mol. The molecule has 0 N–H and O–H groups in total. The third-order valence-corrected chi connectivity index (χ3v) is 16.7. The first-order chi connectivity index (χ1) is 28.7. The zero-order chi connectivity index (χ0) is 38.4. The number of para-hydroxylation sites is 2. The van der Waals surface area contributed by atoms with Gasteiger partial charge in [0.25, 0.3) is 0 Å². The Labute approximate surface area is 353 Å². The molecule has 5 nitrogen and oxygen atoms in total.